The van der Waals surface area contributed by atoms with Gasteiger partial charge in [-0.25, -0.2) is 9.59 Å². The minimum absolute atomic E-state index is 0.0240. The lowest BCUT2D eigenvalue weighted by molar-refractivity contribution is -0.185. The smallest absolute Gasteiger partial charge is 0.333 e. The lowest BCUT2D eigenvalue weighted by Crippen LogP contribution is -2.35. The second-order valence-electron chi connectivity index (χ2n) is 10.2. The largest absolute Gasteiger partial charge is 0.504 e. The summed E-state index contributed by atoms with van der Waals surface area (Å²) in [6.07, 6.45) is -6.88. The molecule has 250 valence electrons. The number of hydrogen-bond acceptors (Lipinski definition) is 16. The van der Waals surface area contributed by atoms with Gasteiger partial charge in [0.05, 0.1) is 27.4 Å². The minimum Gasteiger partial charge on any atom is -0.504 e. The number of aliphatic hydroxyl groups excluding tert-OH is 6. The lowest BCUT2D eigenvalue weighted by Gasteiger charge is -2.15. The minimum atomic E-state index is -1.58. The van der Waals surface area contributed by atoms with Gasteiger partial charge in [0, 0.05) is 23.3 Å². The normalized spacial score (nSPS) is 27.7. The molecule has 2 fully saturated rings. The first kappa shape index (κ1) is 34.6. The van der Waals surface area contributed by atoms with E-state index in [1.807, 2.05) is 0 Å². The zero-order valence-corrected chi connectivity index (χ0v) is 24.5. The van der Waals surface area contributed by atoms with Gasteiger partial charge in [-0.15, -0.1) is 0 Å². The van der Waals surface area contributed by atoms with Crippen LogP contribution in [-0.4, -0.2) is 129 Å². The Kier molecular flexibility index (Phi) is 11.2. The molecule has 0 aliphatic carbocycles. The number of carbonyl (C=O) groups excluding carboxylic acids is 2. The first-order chi connectivity index (χ1) is 21.9. The van der Waals surface area contributed by atoms with Gasteiger partial charge in [-0.1, -0.05) is 0 Å². The van der Waals surface area contributed by atoms with Gasteiger partial charge in [-0.2, -0.15) is 0 Å². The van der Waals surface area contributed by atoms with Crippen molar-refractivity contribution >= 4 is 24.1 Å². The molecule has 0 unspecified atom stereocenters. The molecule has 2 aromatic carbocycles. The van der Waals surface area contributed by atoms with Crippen LogP contribution in [0.15, 0.2) is 36.4 Å². The molecule has 2 aliphatic heterocycles. The Morgan fingerprint density at radius 2 is 1.04 bits per heavy atom. The molecular formula is C30H34O16. The van der Waals surface area contributed by atoms with Crippen molar-refractivity contribution in [2.45, 2.75) is 49.2 Å². The Labute approximate surface area is 261 Å². The van der Waals surface area contributed by atoms with E-state index in [-0.39, 0.29) is 33.8 Å². The number of aliphatic hydroxyl groups is 6. The maximum absolute atomic E-state index is 12.4. The third kappa shape index (κ3) is 7.41. The van der Waals surface area contributed by atoms with E-state index in [4.69, 9.17) is 28.4 Å². The van der Waals surface area contributed by atoms with E-state index < -0.39 is 85.9 Å². The SMILES string of the molecule is COc1cc(/C=C/C(=O)O[C@@H]2O[C@@H](CO)[C@H](O)[C@H]2O)cc(-c2cc(/C=C/C(=O)O[C@@H]3O[C@@H](CO)[C@H](O)[C@H]3O)cc(OC)c2O)c1O. The molecule has 0 aromatic heterocycles. The van der Waals surface area contributed by atoms with E-state index in [1.165, 1.54) is 50.6 Å². The first-order valence-corrected chi connectivity index (χ1v) is 13.8. The molecule has 0 spiro atoms. The van der Waals surface area contributed by atoms with E-state index in [0.29, 0.717) is 0 Å². The molecule has 2 aliphatic rings. The highest BCUT2D eigenvalue weighted by Crippen LogP contribution is 2.46. The van der Waals surface area contributed by atoms with Crippen LogP contribution in [0.5, 0.6) is 23.0 Å². The van der Waals surface area contributed by atoms with Gasteiger partial charge in [0.2, 0.25) is 12.6 Å². The number of rotatable bonds is 11. The zero-order chi connectivity index (χ0) is 33.7. The molecular weight excluding hydrogens is 616 g/mol. The molecule has 16 heteroatoms. The molecule has 16 nitrogen and oxygen atoms in total. The highest BCUT2D eigenvalue weighted by atomic mass is 16.7. The fourth-order valence-corrected chi connectivity index (χ4v) is 4.73. The first-order valence-electron chi connectivity index (χ1n) is 13.8. The second kappa shape index (κ2) is 14.9. The number of benzene rings is 2. The molecule has 0 radical (unpaired) electrons. The fraction of sp³-hybridized carbons (Fsp3) is 0.400. The summed E-state index contributed by atoms with van der Waals surface area (Å²) in [4.78, 5) is 24.8. The number of methoxy groups -OCH3 is 2. The van der Waals surface area contributed by atoms with Crippen LogP contribution in [0, 0.1) is 0 Å². The predicted molar refractivity (Wildman–Crippen MR) is 154 cm³/mol. The number of hydrogen-bond donors (Lipinski definition) is 8. The van der Waals surface area contributed by atoms with Gasteiger partial charge in [0.25, 0.3) is 0 Å². The van der Waals surface area contributed by atoms with Crippen molar-refractivity contribution in [2.24, 2.45) is 0 Å². The molecule has 8 N–H and O–H groups in total. The summed E-state index contributed by atoms with van der Waals surface area (Å²) in [5.74, 6) is -2.81. The van der Waals surface area contributed by atoms with Gasteiger partial charge in [-0.05, 0) is 47.5 Å². The summed E-state index contributed by atoms with van der Waals surface area (Å²) in [5.41, 5.74) is 0.611. The number of esters is 2. The van der Waals surface area contributed by atoms with Crippen LogP contribution >= 0.6 is 0 Å². The fourth-order valence-electron chi connectivity index (χ4n) is 4.73. The Hall–Kier alpha value is -4.26. The Bertz CT molecular complexity index is 1360. The van der Waals surface area contributed by atoms with E-state index >= 15 is 0 Å². The predicted octanol–water partition coefficient (Wildman–Crippen LogP) is -1.23. The number of carbonyl (C=O) groups is 2. The molecule has 8 atom stereocenters. The molecule has 0 saturated carbocycles. The molecule has 4 rings (SSSR count). The molecule has 2 heterocycles. The Morgan fingerprint density at radius 3 is 1.35 bits per heavy atom. The van der Waals surface area contributed by atoms with Crippen LogP contribution in [-0.2, 0) is 28.5 Å². The average Bonchev–Trinajstić information content (AvgIpc) is 3.48. The van der Waals surface area contributed by atoms with Crippen LogP contribution in [0.2, 0.25) is 0 Å². The van der Waals surface area contributed by atoms with Crippen molar-refractivity contribution in [3.63, 3.8) is 0 Å². The van der Waals surface area contributed by atoms with Crippen LogP contribution < -0.4 is 9.47 Å². The molecule has 0 amide bonds. The molecule has 46 heavy (non-hydrogen) atoms. The third-order valence-electron chi connectivity index (χ3n) is 7.21. The van der Waals surface area contributed by atoms with Crippen molar-refractivity contribution in [2.75, 3.05) is 27.4 Å². The van der Waals surface area contributed by atoms with Crippen molar-refractivity contribution < 1.29 is 78.9 Å². The number of phenols is 2. The van der Waals surface area contributed by atoms with E-state index in [9.17, 15) is 50.4 Å². The Morgan fingerprint density at radius 1 is 0.674 bits per heavy atom. The molecule has 0 bridgehead atoms. The van der Waals surface area contributed by atoms with Gasteiger partial charge in [0.15, 0.2) is 23.0 Å². The van der Waals surface area contributed by atoms with E-state index in [1.54, 1.807) is 0 Å². The standard InChI is InChI=1S/C30H34O16/c1-41-17-9-13(3-5-21(33)45-29-27(39)25(37)19(11-31)43-29)7-15(23(17)35)16-8-14(10-18(42-2)24(16)36)4-6-22(34)46-30-28(40)26(38)20(12-32)44-30/h3-10,19-20,25-32,35-40H,11-12H2,1-2H3/b5-3+,6-4+/t19-,20-,25-,26-,27+,28+,29-,30-/m0/s1. The van der Waals surface area contributed by atoms with E-state index in [0.717, 1.165) is 12.2 Å². The molecule has 2 saturated heterocycles. The monoisotopic (exact) mass is 650 g/mol. The highest BCUT2D eigenvalue weighted by Gasteiger charge is 2.45. The summed E-state index contributed by atoms with van der Waals surface area (Å²) in [6.45, 7) is -1.21. The highest BCUT2D eigenvalue weighted by molar-refractivity contribution is 5.90. The van der Waals surface area contributed by atoms with Gasteiger partial charge in [0.1, 0.15) is 36.6 Å². The van der Waals surface area contributed by atoms with Crippen molar-refractivity contribution in [1.82, 2.24) is 0 Å². The number of aromatic hydroxyl groups is 2. The van der Waals surface area contributed by atoms with Crippen LogP contribution in [0.4, 0.5) is 0 Å². The van der Waals surface area contributed by atoms with Gasteiger partial charge < -0.3 is 69.3 Å². The van der Waals surface area contributed by atoms with E-state index in [2.05, 4.69) is 0 Å². The third-order valence-corrected chi connectivity index (χ3v) is 7.21. The van der Waals surface area contributed by atoms with Crippen molar-refractivity contribution in [3.8, 4) is 34.1 Å². The Balaban J connectivity index is 1.58. The van der Waals surface area contributed by atoms with Gasteiger partial charge in [-0.3, -0.25) is 0 Å². The average molecular weight is 651 g/mol. The number of phenolic OH excluding ortho intramolecular Hbond substituents is 2. The van der Waals surface area contributed by atoms with Crippen LogP contribution in [0.3, 0.4) is 0 Å². The second-order valence-corrected chi connectivity index (χ2v) is 10.2. The van der Waals surface area contributed by atoms with Crippen LogP contribution in [0.1, 0.15) is 11.1 Å². The lowest BCUT2D eigenvalue weighted by atomic mass is 9.97. The molecule has 2 aromatic rings. The zero-order valence-electron chi connectivity index (χ0n) is 24.5. The number of ether oxygens (including phenoxy) is 6. The topological polar surface area (TPSA) is 251 Å². The van der Waals surface area contributed by atoms with Crippen LogP contribution in [0.25, 0.3) is 23.3 Å². The van der Waals surface area contributed by atoms with Crippen molar-refractivity contribution in [3.05, 3.63) is 47.5 Å². The van der Waals surface area contributed by atoms with Gasteiger partial charge >= 0.3 is 11.9 Å². The maximum atomic E-state index is 12.4. The quantitative estimate of drug-likeness (QED) is 0.105. The summed E-state index contributed by atoms with van der Waals surface area (Å²) in [6, 6.07) is 5.54. The van der Waals surface area contributed by atoms with Crippen molar-refractivity contribution in [1.29, 1.82) is 0 Å². The summed E-state index contributed by atoms with van der Waals surface area (Å²) in [7, 11) is 2.56. The summed E-state index contributed by atoms with van der Waals surface area (Å²) >= 11 is 0. The summed E-state index contributed by atoms with van der Waals surface area (Å²) in [5, 5.41) is 79.9. The maximum Gasteiger partial charge on any atom is 0.333 e. The summed E-state index contributed by atoms with van der Waals surface area (Å²) < 4.78 is 30.8.